The zero-order chi connectivity index (χ0) is 19.2. The Labute approximate surface area is 173 Å². The fourth-order valence-corrected chi connectivity index (χ4v) is 8.56. The molecule has 4 aromatic rings. The molecule has 0 aliphatic heterocycles. The van der Waals surface area contributed by atoms with Gasteiger partial charge in [-0.25, -0.2) is 0 Å². The molecule has 0 amide bonds. The summed E-state index contributed by atoms with van der Waals surface area (Å²) < 4.78 is 0. The van der Waals surface area contributed by atoms with Crippen LogP contribution >= 0.6 is 5.51 Å². The van der Waals surface area contributed by atoms with E-state index in [0.29, 0.717) is 0 Å². The molecule has 0 fully saturated rings. The van der Waals surface area contributed by atoms with Crippen molar-refractivity contribution in [1.82, 2.24) is 0 Å². The number of anilines is 2. The average Bonchev–Trinajstić information content (AvgIpc) is 2.79. The zero-order valence-electron chi connectivity index (χ0n) is 15.3. The van der Waals surface area contributed by atoms with Gasteiger partial charge in [-0.15, -0.1) is 0 Å². The molecule has 28 heavy (non-hydrogen) atoms. The quantitative estimate of drug-likeness (QED) is 0.258. The number of hydrogen-bond acceptors (Lipinski definition) is 2. The molecular formula is C24H21N2PSe. The van der Waals surface area contributed by atoms with Crippen LogP contribution in [0.4, 0.5) is 11.4 Å². The van der Waals surface area contributed by atoms with E-state index in [1.54, 1.807) is 0 Å². The van der Waals surface area contributed by atoms with Gasteiger partial charge in [0.05, 0.1) is 0 Å². The molecule has 138 valence electrons. The predicted octanol–water partition coefficient (Wildman–Crippen LogP) is 4.50. The molecular weight excluding hydrogens is 426 g/mol. The Balaban J connectivity index is 1.81. The second kappa shape index (κ2) is 8.63. The van der Waals surface area contributed by atoms with E-state index in [1.165, 1.54) is 15.9 Å². The summed E-state index contributed by atoms with van der Waals surface area (Å²) in [5, 5.41) is 3.90. The number of nitrogens with one attached hydrogen (secondary N) is 2. The van der Waals surface area contributed by atoms with Crippen molar-refractivity contribution >= 4 is 47.9 Å². The number of hydrazine groups is 1. The maximum atomic E-state index is 3.62. The molecule has 0 spiro atoms. The number of para-hydroxylation sites is 2. The summed E-state index contributed by atoms with van der Waals surface area (Å²) >= 11 is 3.62. The van der Waals surface area contributed by atoms with Crippen LogP contribution in [0.2, 0.25) is 0 Å². The Kier molecular flexibility index (Phi) is 5.78. The maximum absolute atomic E-state index is 3.62. The van der Waals surface area contributed by atoms with E-state index in [4.69, 9.17) is 0 Å². The molecule has 4 heteroatoms. The van der Waals surface area contributed by atoms with Gasteiger partial charge < -0.3 is 0 Å². The Morgan fingerprint density at radius 2 is 0.964 bits per heavy atom. The molecule has 0 aliphatic rings. The van der Waals surface area contributed by atoms with E-state index in [-0.39, 0.29) is 0 Å². The summed E-state index contributed by atoms with van der Waals surface area (Å²) in [6.45, 7) is 0. The summed E-state index contributed by atoms with van der Waals surface area (Å²) in [6.07, 6.45) is 0. The van der Waals surface area contributed by atoms with E-state index in [1.807, 2.05) is 30.3 Å². The average molecular weight is 447 g/mol. The Morgan fingerprint density at radius 1 is 0.500 bits per heavy atom. The molecule has 0 saturated heterocycles. The second-order valence-electron chi connectivity index (χ2n) is 6.41. The van der Waals surface area contributed by atoms with Crippen LogP contribution in [-0.2, 0) is 0 Å². The van der Waals surface area contributed by atoms with Crippen molar-refractivity contribution < 1.29 is 0 Å². The fraction of sp³-hybridized carbons (Fsp3) is 0. The van der Waals surface area contributed by atoms with Crippen molar-refractivity contribution in [3.8, 4) is 0 Å². The van der Waals surface area contributed by atoms with Crippen molar-refractivity contribution in [2.75, 3.05) is 10.9 Å². The standard InChI is InChI=1S/C24H21N2PSe/c28-27(21-14-6-2-7-15-21,22-16-8-3-9-17-22)24-19-11-10-18-23(24)26-25-20-12-4-1-5-13-20/h1-19,25-26H. The molecule has 2 N–H and O–H groups in total. The first kappa shape index (κ1) is 18.8. The summed E-state index contributed by atoms with van der Waals surface area (Å²) in [6, 6.07) is 40.2. The Bertz CT molecular complexity index is 1040. The molecule has 4 aromatic carbocycles. The number of benzene rings is 4. The van der Waals surface area contributed by atoms with Crippen LogP contribution in [0.25, 0.3) is 0 Å². The zero-order valence-corrected chi connectivity index (χ0v) is 17.9. The van der Waals surface area contributed by atoms with Crippen molar-refractivity contribution in [2.24, 2.45) is 0 Å². The third-order valence-corrected chi connectivity index (χ3v) is 11.6. The molecule has 0 radical (unpaired) electrons. The van der Waals surface area contributed by atoms with Gasteiger partial charge in [-0.1, -0.05) is 0 Å². The van der Waals surface area contributed by atoms with Crippen molar-refractivity contribution in [1.29, 1.82) is 0 Å². The molecule has 0 unspecified atom stereocenters. The van der Waals surface area contributed by atoms with Crippen LogP contribution in [0.1, 0.15) is 0 Å². The molecule has 0 aliphatic carbocycles. The summed E-state index contributed by atoms with van der Waals surface area (Å²) in [5.74, 6) is 0. The van der Waals surface area contributed by atoms with Gasteiger partial charge in [0.25, 0.3) is 0 Å². The van der Waals surface area contributed by atoms with Crippen molar-refractivity contribution in [2.45, 2.75) is 0 Å². The monoisotopic (exact) mass is 448 g/mol. The van der Waals surface area contributed by atoms with Gasteiger partial charge in [0.2, 0.25) is 0 Å². The van der Waals surface area contributed by atoms with Crippen LogP contribution in [-0.4, -0.2) is 15.1 Å². The van der Waals surface area contributed by atoms with Gasteiger partial charge in [0, 0.05) is 0 Å². The van der Waals surface area contributed by atoms with Crippen molar-refractivity contribution in [3.63, 3.8) is 0 Å². The topological polar surface area (TPSA) is 24.1 Å². The number of rotatable bonds is 6. The normalized spacial score (nSPS) is 11.0. The summed E-state index contributed by atoms with van der Waals surface area (Å²) in [7, 11) is 0. The Morgan fingerprint density at radius 3 is 1.54 bits per heavy atom. The van der Waals surface area contributed by atoms with Gasteiger partial charge in [0.1, 0.15) is 0 Å². The van der Waals surface area contributed by atoms with Crippen LogP contribution in [0.3, 0.4) is 0 Å². The van der Waals surface area contributed by atoms with E-state index in [9.17, 15) is 0 Å². The van der Waals surface area contributed by atoms with Crippen LogP contribution < -0.4 is 26.8 Å². The van der Waals surface area contributed by atoms with Crippen LogP contribution in [0.5, 0.6) is 0 Å². The third-order valence-electron chi connectivity index (χ3n) is 4.60. The molecule has 0 bridgehead atoms. The minimum absolute atomic E-state index is 1.03. The second-order valence-corrected chi connectivity index (χ2v) is 12.6. The third kappa shape index (κ3) is 3.84. The Hall–Kier alpha value is -2.57. The molecule has 0 heterocycles. The molecule has 2 nitrogen and oxygen atoms in total. The molecule has 0 aromatic heterocycles. The predicted molar refractivity (Wildman–Crippen MR) is 125 cm³/mol. The summed E-state index contributed by atoms with van der Waals surface area (Å²) in [4.78, 5) is 0. The van der Waals surface area contributed by atoms with Crippen molar-refractivity contribution in [3.05, 3.63) is 115 Å². The number of hydrogen-bond donors (Lipinski definition) is 2. The van der Waals surface area contributed by atoms with Gasteiger partial charge in [-0.3, -0.25) is 0 Å². The van der Waals surface area contributed by atoms with E-state index < -0.39 is 5.51 Å². The van der Waals surface area contributed by atoms with E-state index in [0.717, 1.165) is 11.4 Å². The van der Waals surface area contributed by atoms with Gasteiger partial charge in [-0.05, 0) is 0 Å². The van der Waals surface area contributed by atoms with E-state index >= 15 is 0 Å². The van der Waals surface area contributed by atoms with Gasteiger partial charge >= 0.3 is 174 Å². The molecule has 0 saturated carbocycles. The fourth-order valence-electron chi connectivity index (χ4n) is 3.22. The first-order chi connectivity index (χ1) is 13.8. The van der Waals surface area contributed by atoms with E-state index in [2.05, 4.69) is 111 Å². The first-order valence-electron chi connectivity index (χ1n) is 9.16. The summed E-state index contributed by atoms with van der Waals surface area (Å²) in [5.41, 5.74) is 6.95. The molecule has 4 rings (SSSR count). The van der Waals surface area contributed by atoms with Crippen LogP contribution in [0.15, 0.2) is 115 Å². The van der Waals surface area contributed by atoms with Crippen LogP contribution in [0, 0.1) is 0 Å². The SMILES string of the molecule is [Se]=P(c1ccccc1)(c1ccccc1)c1ccccc1NNc1ccccc1. The minimum atomic E-state index is -1.91. The van der Waals surface area contributed by atoms with Gasteiger partial charge in [0.15, 0.2) is 0 Å². The first-order valence-corrected chi connectivity index (χ1v) is 13.2. The van der Waals surface area contributed by atoms with Gasteiger partial charge in [-0.2, -0.15) is 0 Å². The molecule has 0 atom stereocenters.